The minimum atomic E-state index is -1.15. The van der Waals surface area contributed by atoms with E-state index >= 15 is 0 Å². The first-order valence-electron chi connectivity index (χ1n) is 3.55. The van der Waals surface area contributed by atoms with E-state index in [2.05, 4.69) is 5.32 Å². The van der Waals surface area contributed by atoms with Gasteiger partial charge in [-0.2, -0.15) is 0 Å². The Morgan fingerprint density at radius 2 is 2.07 bits per heavy atom. The minimum absolute atomic E-state index is 0. The van der Waals surface area contributed by atoms with Gasteiger partial charge in [-0.3, -0.25) is 14.9 Å². The largest absolute Gasteiger partial charge is 0.481 e. The van der Waals surface area contributed by atoms with Crippen molar-refractivity contribution < 1.29 is 19.8 Å². The maximum Gasteiger partial charge on any atom is 0.321 e. The van der Waals surface area contributed by atoms with Crippen LogP contribution in [0.4, 0.5) is 0 Å². The Balaban J connectivity index is 0.00000169. The minimum Gasteiger partial charge on any atom is -0.481 e. The molecule has 1 rings (SSSR count). The summed E-state index contributed by atoms with van der Waals surface area (Å²) in [4.78, 5) is 20.8. The molecule has 1 aliphatic heterocycles. The summed E-state index contributed by atoms with van der Waals surface area (Å²) in [6.45, 7) is 0. The molecule has 0 aromatic carbocycles. The Morgan fingerprint density at radius 3 is 2.36 bits per heavy atom. The van der Waals surface area contributed by atoms with E-state index in [9.17, 15) is 9.59 Å². The second-order valence-corrected chi connectivity index (χ2v) is 3.50. The van der Waals surface area contributed by atoms with Crippen molar-refractivity contribution >= 4 is 55.1 Å². The van der Waals surface area contributed by atoms with Gasteiger partial charge in [0.15, 0.2) is 0 Å². The Labute approximate surface area is 104 Å². The molecule has 0 fully saturated rings. The van der Waals surface area contributed by atoms with Crippen molar-refractivity contribution in [1.82, 2.24) is 5.32 Å². The standard InChI is InChI=1S/C7H8NO4P.Na/c9-6(10)3-4(7(11)12)8-5-1-2-13-5;/h1-2,4,8H,3H2,(H,9,10)(H,11,12);/t4-;/m0./s1. The molecule has 5 nitrogen and oxygen atoms in total. The zero-order valence-electron chi connectivity index (χ0n) is 7.60. The van der Waals surface area contributed by atoms with Gasteiger partial charge in [-0.25, -0.2) is 0 Å². The summed E-state index contributed by atoms with van der Waals surface area (Å²) in [7, 11) is 0.905. The van der Waals surface area contributed by atoms with Crippen LogP contribution in [0.3, 0.4) is 0 Å². The van der Waals surface area contributed by atoms with Gasteiger partial charge in [-0.1, -0.05) is 8.20 Å². The average Bonchev–Trinajstić information content (AvgIpc) is 1.92. The Bertz CT molecular complexity index is 302. The normalized spacial score (nSPS) is 15.9. The second kappa shape index (κ2) is 6.32. The van der Waals surface area contributed by atoms with Crippen LogP contribution in [0.15, 0.2) is 11.9 Å². The number of nitrogens with one attached hydrogen (secondary N) is 1. The molecule has 1 atom stereocenters. The summed E-state index contributed by atoms with van der Waals surface area (Å²) in [5, 5.41) is 19.6. The maximum atomic E-state index is 10.5. The number of carbonyl (C=O) groups is 2. The van der Waals surface area contributed by atoms with E-state index in [1.54, 1.807) is 6.08 Å². The van der Waals surface area contributed by atoms with Crippen LogP contribution in [0, 0.1) is 0 Å². The van der Waals surface area contributed by atoms with Crippen LogP contribution in [0.2, 0.25) is 0 Å². The van der Waals surface area contributed by atoms with E-state index in [4.69, 9.17) is 10.2 Å². The third-order valence-electron chi connectivity index (χ3n) is 1.44. The van der Waals surface area contributed by atoms with Crippen molar-refractivity contribution in [1.29, 1.82) is 0 Å². The molecular formula is C7H8NNaO4P. The van der Waals surface area contributed by atoms with Crippen LogP contribution in [0.25, 0.3) is 0 Å². The molecule has 0 aromatic rings. The number of hydrogen-bond donors (Lipinski definition) is 3. The summed E-state index contributed by atoms with van der Waals surface area (Å²) in [5.41, 5.74) is 0.744. The van der Waals surface area contributed by atoms with Crippen molar-refractivity contribution in [2.24, 2.45) is 0 Å². The zero-order chi connectivity index (χ0) is 9.84. The van der Waals surface area contributed by atoms with E-state index in [1.807, 2.05) is 5.82 Å². The number of rotatable bonds is 5. The smallest absolute Gasteiger partial charge is 0.321 e. The Kier molecular flexibility index (Phi) is 6.24. The monoisotopic (exact) mass is 224 g/mol. The van der Waals surface area contributed by atoms with E-state index in [-0.39, 0.29) is 29.6 Å². The first kappa shape index (κ1) is 13.8. The van der Waals surface area contributed by atoms with Crippen LogP contribution < -0.4 is 5.32 Å². The summed E-state index contributed by atoms with van der Waals surface area (Å²) in [6.07, 6.45) is 1.31. The fourth-order valence-corrected chi connectivity index (χ4v) is 1.32. The molecule has 3 N–H and O–H groups in total. The summed E-state index contributed by atoms with van der Waals surface area (Å²) < 4.78 is 0. The number of hydrogen-bond acceptors (Lipinski definition) is 3. The molecule has 71 valence electrons. The van der Waals surface area contributed by atoms with Crippen molar-refractivity contribution in [3.05, 3.63) is 11.9 Å². The maximum absolute atomic E-state index is 10.5. The van der Waals surface area contributed by atoms with Gasteiger partial charge in [0.2, 0.25) is 0 Å². The molecule has 0 unspecified atom stereocenters. The predicted octanol–water partition coefficient (Wildman–Crippen LogP) is -0.273. The summed E-state index contributed by atoms with van der Waals surface area (Å²) >= 11 is 0. The second-order valence-electron chi connectivity index (χ2n) is 2.46. The van der Waals surface area contributed by atoms with Gasteiger partial charge in [-0.15, -0.1) is 0 Å². The van der Waals surface area contributed by atoms with Crippen LogP contribution in [-0.2, 0) is 9.59 Å². The quantitative estimate of drug-likeness (QED) is 0.442. The molecule has 0 saturated carbocycles. The van der Waals surface area contributed by atoms with Crippen LogP contribution in [0.1, 0.15) is 6.42 Å². The molecule has 7 heteroatoms. The molecule has 1 aliphatic rings. The molecule has 0 spiro atoms. The predicted molar refractivity (Wildman–Crippen MR) is 53.6 cm³/mol. The van der Waals surface area contributed by atoms with Gasteiger partial charge in [0.1, 0.15) is 6.04 Å². The SMILES string of the molecule is O=C(O)C[C@H](NC1=PC=C1)C(=O)O.[Na]. The molecular weight excluding hydrogens is 216 g/mol. The van der Waals surface area contributed by atoms with Crippen molar-refractivity contribution in [2.45, 2.75) is 12.5 Å². The zero-order valence-corrected chi connectivity index (χ0v) is 10.5. The summed E-state index contributed by atoms with van der Waals surface area (Å²) in [5.74, 6) is -0.437. The Morgan fingerprint density at radius 1 is 1.50 bits per heavy atom. The topological polar surface area (TPSA) is 86.6 Å². The molecule has 0 aliphatic carbocycles. The van der Waals surface area contributed by atoms with Gasteiger partial charge >= 0.3 is 11.9 Å². The van der Waals surface area contributed by atoms with Crippen LogP contribution >= 0.6 is 8.20 Å². The van der Waals surface area contributed by atoms with Gasteiger partial charge in [0.25, 0.3) is 0 Å². The van der Waals surface area contributed by atoms with Gasteiger partial charge in [0.05, 0.1) is 6.42 Å². The van der Waals surface area contributed by atoms with E-state index in [0.717, 1.165) is 13.6 Å². The fraction of sp³-hybridized carbons (Fsp3) is 0.286. The van der Waals surface area contributed by atoms with Crippen molar-refractivity contribution in [3.63, 3.8) is 0 Å². The van der Waals surface area contributed by atoms with E-state index in [1.165, 1.54) is 0 Å². The third kappa shape index (κ3) is 4.35. The third-order valence-corrected chi connectivity index (χ3v) is 2.30. The van der Waals surface area contributed by atoms with Crippen LogP contribution in [-0.4, -0.2) is 63.2 Å². The van der Waals surface area contributed by atoms with Crippen molar-refractivity contribution in [3.8, 4) is 0 Å². The Hall–Kier alpha value is -0.190. The van der Waals surface area contributed by atoms with E-state index in [0.29, 0.717) is 0 Å². The molecule has 1 radical (unpaired) electrons. The molecule has 0 bridgehead atoms. The number of aliphatic carboxylic acids is 2. The molecule has 0 aromatic heterocycles. The summed E-state index contributed by atoms with van der Waals surface area (Å²) in [6, 6.07) is -1.04. The van der Waals surface area contributed by atoms with Gasteiger partial charge < -0.3 is 10.2 Å². The van der Waals surface area contributed by atoms with Crippen molar-refractivity contribution in [2.75, 3.05) is 0 Å². The van der Waals surface area contributed by atoms with Gasteiger partial charge in [-0.05, 0) is 11.9 Å². The molecule has 14 heavy (non-hydrogen) atoms. The first-order chi connectivity index (χ1) is 6.09. The van der Waals surface area contributed by atoms with Gasteiger partial charge in [0, 0.05) is 35.0 Å². The number of carboxylic acid groups (broad SMARTS) is 2. The van der Waals surface area contributed by atoms with Crippen LogP contribution in [0.5, 0.6) is 0 Å². The fourth-order valence-electron chi connectivity index (χ4n) is 0.788. The molecule has 0 amide bonds. The molecule has 0 saturated heterocycles. The first-order valence-corrected chi connectivity index (χ1v) is 4.51. The van der Waals surface area contributed by atoms with E-state index < -0.39 is 24.4 Å². The number of carboxylic acids is 2. The average molecular weight is 224 g/mol. The molecule has 1 heterocycles.